The zero-order chi connectivity index (χ0) is 27.8. The molecule has 206 valence electrons. The van der Waals surface area contributed by atoms with E-state index in [0.717, 1.165) is 42.7 Å². The third-order valence-electron chi connectivity index (χ3n) is 7.27. The van der Waals surface area contributed by atoms with Crippen LogP contribution in [0, 0.1) is 11.6 Å². The van der Waals surface area contributed by atoms with Crippen molar-refractivity contribution in [2.24, 2.45) is 7.05 Å². The van der Waals surface area contributed by atoms with Crippen LogP contribution in [0.5, 0.6) is 0 Å². The summed E-state index contributed by atoms with van der Waals surface area (Å²) in [5.41, 5.74) is 5.95. The summed E-state index contributed by atoms with van der Waals surface area (Å²) in [6, 6.07) is 17.5. The monoisotopic (exact) mass is 531 g/mol. The lowest BCUT2D eigenvalue weighted by Gasteiger charge is -2.20. The molecule has 39 heavy (non-hydrogen) atoms. The number of hydrogen-bond acceptors (Lipinski definition) is 2. The molecule has 3 aromatic carbocycles. The van der Waals surface area contributed by atoms with Gasteiger partial charge in [0, 0.05) is 48.4 Å². The molecule has 0 saturated carbocycles. The number of halogens is 2. The van der Waals surface area contributed by atoms with Gasteiger partial charge in [-0.15, -0.1) is 0 Å². The maximum atomic E-state index is 13.9. The minimum absolute atomic E-state index is 0.181. The highest BCUT2D eigenvalue weighted by Gasteiger charge is 2.17. The Kier molecular flexibility index (Phi) is 9.88. The molecule has 0 unspecified atom stereocenters. The van der Waals surface area contributed by atoms with E-state index >= 15 is 0 Å². The molecule has 0 radical (unpaired) electrons. The van der Waals surface area contributed by atoms with Gasteiger partial charge in [0.15, 0.2) is 0 Å². The molecule has 4 nitrogen and oxygen atoms in total. The zero-order valence-corrected chi connectivity index (χ0v) is 23.2. The molecule has 0 aliphatic heterocycles. The Labute approximate surface area is 230 Å². The number of unbranched alkanes of at least 4 members (excludes halogenated alkanes) is 1. The van der Waals surface area contributed by atoms with Gasteiger partial charge in [-0.2, -0.15) is 0 Å². The standard InChI is InChI=1S/C33H39F2N3O/c1-4-6-10-27-22-38(3)32-12-11-26(19-31(27)32)33(39)37-30(18-25-16-28(34)20-29(35)17-25)13-14-36-21-24-9-7-8-23(5-2)15-24/h7-9,11-12,15-17,19-20,22,30,36H,4-6,10,13-14,18,21H2,1-3H3,(H,37,39)/t30-/m1/s1. The molecule has 4 rings (SSSR count). The lowest BCUT2D eigenvalue weighted by Crippen LogP contribution is -2.38. The van der Waals surface area contributed by atoms with E-state index in [2.05, 4.69) is 59.5 Å². The number of carbonyl (C=O) groups excluding carboxylic acids is 1. The van der Waals surface area contributed by atoms with Crippen LogP contribution in [0.4, 0.5) is 8.78 Å². The fourth-order valence-corrected chi connectivity index (χ4v) is 5.16. The Morgan fingerprint density at radius 3 is 2.46 bits per heavy atom. The van der Waals surface area contributed by atoms with Gasteiger partial charge in [0.1, 0.15) is 11.6 Å². The molecule has 1 atom stereocenters. The van der Waals surface area contributed by atoms with Gasteiger partial charge in [-0.25, -0.2) is 8.78 Å². The predicted molar refractivity (Wildman–Crippen MR) is 155 cm³/mol. The normalized spacial score (nSPS) is 12.1. The first-order valence-corrected chi connectivity index (χ1v) is 14.0. The molecule has 0 saturated heterocycles. The van der Waals surface area contributed by atoms with Crippen LogP contribution in [0.1, 0.15) is 65.7 Å². The molecular formula is C33H39F2N3O. The van der Waals surface area contributed by atoms with Crippen molar-refractivity contribution in [2.45, 2.75) is 65.0 Å². The summed E-state index contributed by atoms with van der Waals surface area (Å²) in [5.74, 6) is -1.41. The van der Waals surface area contributed by atoms with E-state index in [9.17, 15) is 13.6 Å². The molecule has 4 aromatic rings. The fraction of sp³-hybridized carbons (Fsp3) is 0.364. The lowest BCUT2D eigenvalue weighted by atomic mass is 10.0. The predicted octanol–water partition coefficient (Wildman–Crippen LogP) is 6.88. The van der Waals surface area contributed by atoms with Crippen LogP contribution < -0.4 is 10.6 Å². The minimum atomic E-state index is -0.613. The Morgan fingerprint density at radius 2 is 1.72 bits per heavy atom. The number of benzene rings is 3. The number of aromatic nitrogens is 1. The van der Waals surface area contributed by atoms with Crippen LogP contribution in [0.25, 0.3) is 10.9 Å². The zero-order valence-electron chi connectivity index (χ0n) is 23.2. The molecule has 2 N–H and O–H groups in total. The van der Waals surface area contributed by atoms with Crippen molar-refractivity contribution in [1.82, 2.24) is 15.2 Å². The highest BCUT2D eigenvalue weighted by Crippen LogP contribution is 2.24. The van der Waals surface area contributed by atoms with E-state index in [4.69, 9.17) is 0 Å². The molecule has 1 heterocycles. The number of nitrogens with one attached hydrogen (secondary N) is 2. The Morgan fingerprint density at radius 1 is 0.949 bits per heavy atom. The van der Waals surface area contributed by atoms with E-state index in [1.165, 1.54) is 28.8 Å². The summed E-state index contributed by atoms with van der Waals surface area (Å²) in [4.78, 5) is 13.4. The molecule has 1 aromatic heterocycles. The largest absolute Gasteiger partial charge is 0.350 e. The first-order chi connectivity index (χ1) is 18.9. The van der Waals surface area contributed by atoms with Crippen molar-refractivity contribution < 1.29 is 13.6 Å². The van der Waals surface area contributed by atoms with Crippen molar-refractivity contribution >= 4 is 16.8 Å². The Bertz CT molecular complexity index is 1390. The van der Waals surface area contributed by atoms with Gasteiger partial charge in [0.05, 0.1) is 0 Å². The number of nitrogens with zero attached hydrogens (tertiary/aromatic N) is 1. The average molecular weight is 532 g/mol. The van der Waals surface area contributed by atoms with E-state index in [1.807, 2.05) is 25.2 Å². The first-order valence-electron chi connectivity index (χ1n) is 14.0. The molecule has 6 heteroatoms. The number of hydrogen-bond donors (Lipinski definition) is 2. The maximum Gasteiger partial charge on any atom is 0.251 e. The van der Waals surface area contributed by atoms with Crippen LogP contribution in [0.2, 0.25) is 0 Å². The van der Waals surface area contributed by atoms with Gasteiger partial charge in [-0.1, -0.05) is 44.5 Å². The summed E-state index contributed by atoms with van der Waals surface area (Å²) in [6.07, 6.45) is 7.26. The summed E-state index contributed by atoms with van der Waals surface area (Å²) in [6.45, 7) is 5.68. The highest BCUT2D eigenvalue weighted by molar-refractivity contribution is 5.99. The van der Waals surface area contributed by atoms with Crippen molar-refractivity contribution in [3.63, 3.8) is 0 Å². The summed E-state index contributed by atoms with van der Waals surface area (Å²) in [7, 11) is 2.02. The number of fused-ring (bicyclic) bond motifs is 1. The summed E-state index contributed by atoms with van der Waals surface area (Å²) in [5, 5.41) is 7.69. The smallest absolute Gasteiger partial charge is 0.251 e. The molecular weight excluding hydrogens is 492 g/mol. The van der Waals surface area contributed by atoms with Gasteiger partial charge >= 0.3 is 0 Å². The third-order valence-corrected chi connectivity index (χ3v) is 7.27. The van der Waals surface area contributed by atoms with Gasteiger partial charge in [-0.05, 0) is 91.2 Å². The molecule has 0 fully saturated rings. The Balaban J connectivity index is 1.47. The topological polar surface area (TPSA) is 46.1 Å². The van der Waals surface area contributed by atoms with Crippen molar-refractivity contribution in [3.05, 3.63) is 106 Å². The second kappa shape index (κ2) is 13.5. The van der Waals surface area contributed by atoms with Crippen molar-refractivity contribution in [1.29, 1.82) is 0 Å². The van der Waals surface area contributed by atoms with Gasteiger partial charge in [-0.3, -0.25) is 4.79 Å². The van der Waals surface area contributed by atoms with Crippen molar-refractivity contribution in [3.8, 4) is 0 Å². The summed E-state index contributed by atoms with van der Waals surface area (Å²) >= 11 is 0. The van der Waals surface area contributed by atoms with Crippen molar-refractivity contribution in [2.75, 3.05) is 6.54 Å². The number of carbonyl (C=O) groups is 1. The van der Waals surface area contributed by atoms with Crippen LogP contribution in [0.3, 0.4) is 0 Å². The third kappa shape index (κ3) is 7.76. The fourth-order valence-electron chi connectivity index (χ4n) is 5.16. The first kappa shape index (κ1) is 28.5. The minimum Gasteiger partial charge on any atom is -0.350 e. The average Bonchev–Trinajstić information content (AvgIpc) is 3.23. The van der Waals surface area contributed by atoms with E-state index in [-0.39, 0.29) is 11.9 Å². The highest BCUT2D eigenvalue weighted by atomic mass is 19.1. The SMILES string of the molecule is CCCCc1cn(C)c2ccc(C(=O)N[C@H](CCNCc3cccc(CC)c3)Cc3cc(F)cc(F)c3)cc12. The lowest BCUT2D eigenvalue weighted by molar-refractivity contribution is 0.0935. The molecule has 1 amide bonds. The number of rotatable bonds is 13. The van der Waals surface area contributed by atoms with Gasteiger partial charge < -0.3 is 15.2 Å². The maximum absolute atomic E-state index is 13.9. The Hall–Kier alpha value is -3.51. The number of amides is 1. The molecule has 0 spiro atoms. The van der Waals surface area contributed by atoms with Crippen LogP contribution in [-0.4, -0.2) is 23.1 Å². The second-order valence-corrected chi connectivity index (χ2v) is 10.4. The quantitative estimate of drug-likeness (QED) is 0.185. The van der Waals surface area contributed by atoms with Crippen LogP contribution in [0.15, 0.2) is 66.9 Å². The number of aryl methyl sites for hydroxylation is 3. The van der Waals surface area contributed by atoms with E-state index < -0.39 is 11.6 Å². The van der Waals surface area contributed by atoms with Gasteiger partial charge in [0.25, 0.3) is 5.91 Å². The van der Waals surface area contributed by atoms with E-state index in [1.54, 1.807) is 0 Å². The molecule has 0 bridgehead atoms. The second-order valence-electron chi connectivity index (χ2n) is 10.4. The van der Waals surface area contributed by atoms with E-state index in [0.29, 0.717) is 37.1 Å². The summed E-state index contributed by atoms with van der Waals surface area (Å²) < 4.78 is 29.9. The van der Waals surface area contributed by atoms with Gasteiger partial charge in [0.2, 0.25) is 0 Å². The van der Waals surface area contributed by atoms with Crippen LogP contribution in [-0.2, 0) is 32.9 Å². The molecule has 0 aliphatic rings. The molecule has 0 aliphatic carbocycles. The van der Waals surface area contributed by atoms with Crippen LogP contribution >= 0.6 is 0 Å².